The minimum absolute atomic E-state index is 0.0172. The van der Waals surface area contributed by atoms with Crippen LogP contribution in [0.25, 0.3) is 0 Å². The Kier molecular flexibility index (Phi) is 44.2. The predicted molar refractivity (Wildman–Crippen MR) is 241 cm³/mol. The first-order valence-electron chi connectivity index (χ1n) is 24.3. The molecule has 6 nitrogen and oxygen atoms in total. The van der Waals surface area contributed by atoms with Gasteiger partial charge in [0.2, 0.25) is 5.91 Å². The molecule has 3 N–H and O–H groups in total. The monoisotopic (exact) mass is 788 g/mol. The van der Waals surface area contributed by atoms with E-state index in [0.29, 0.717) is 25.9 Å². The molecular formula is C50H93NO5. The fourth-order valence-corrected chi connectivity index (χ4v) is 7.15. The minimum Gasteiger partial charge on any atom is -0.466 e. The second-order valence-corrected chi connectivity index (χ2v) is 16.4. The van der Waals surface area contributed by atoms with Crippen LogP contribution in [-0.4, -0.2) is 47.4 Å². The zero-order valence-corrected chi connectivity index (χ0v) is 37.1. The molecule has 0 aliphatic rings. The van der Waals surface area contributed by atoms with Crippen molar-refractivity contribution in [3.05, 3.63) is 36.5 Å². The predicted octanol–water partition coefficient (Wildman–Crippen LogP) is 14.1. The molecule has 2 unspecified atom stereocenters. The molecular weight excluding hydrogens is 695 g/mol. The molecule has 6 heteroatoms. The Morgan fingerprint density at radius 1 is 0.500 bits per heavy atom. The van der Waals surface area contributed by atoms with Crippen molar-refractivity contribution in [3.63, 3.8) is 0 Å². The van der Waals surface area contributed by atoms with Gasteiger partial charge in [0.25, 0.3) is 0 Å². The van der Waals surface area contributed by atoms with Crippen LogP contribution in [0.4, 0.5) is 0 Å². The number of nitrogens with one attached hydrogen (secondary N) is 1. The van der Waals surface area contributed by atoms with Gasteiger partial charge in [0.05, 0.1) is 25.4 Å². The Balaban J connectivity index is 3.58. The molecule has 56 heavy (non-hydrogen) atoms. The van der Waals surface area contributed by atoms with Crippen LogP contribution in [-0.2, 0) is 14.3 Å². The molecule has 0 heterocycles. The number of amides is 1. The van der Waals surface area contributed by atoms with Gasteiger partial charge in [-0.25, -0.2) is 0 Å². The molecule has 0 saturated heterocycles. The quantitative estimate of drug-likeness (QED) is 0.0325. The Morgan fingerprint density at radius 3 is 1.39 bits per heavy atom. The van der Waals surface area contributed by atoms with Crippen molar-refractivity contribution in [2.24, 2.45) is 0 Å². The smallest absolute Gasteiger partial charge is 0.305 e. The molecule has 0 bridgehead atoms. The van der Waals surface area contributed by atoms with Gasteiger partial charge in [-0.15, -0.1) is 0 Å². The fourth-order valence-electron chi connectivity index (χ4n) is 7.15. The van der Waals surface area contributed by atoms with Crippen LogP contribution in [0.5, 0.6) is 0 Å². The van der Waals surface area contributed by atoms with E-state index in [2.05, 4.69) is 37.4 Å². The number of hydrogen-bond donors (Lipinski definition) is 3. The van der Waals surface area contributed by atoms with Crippen LogP contribution >= 0.6 is 0 Å². The van der Waals surface area contributed by atoms with Gasteiger partial charge in [0, 0.05) is 12.8 Å². The van der Waals surface area contributed by atoms with Gasteiger partial charge in [-0.1, -0.05) is 217 Å². The van der Waals surface area contributed by atoms with Crippen molar-refractivity contribution in [3.8, 4) is 0 Å². The maximum atomic E-state index is 12.3. The highest BCUT2D eigenvalue weighted by molar-refractivity contribution is 5.76. The second kappa shape index (κ2) is 45.8. The van der Waals surface area contributed by atoms with Crippen LogP contribution in [0.15, 0.2) is 36.5 Å². The fraction of sp³-hybridized carbons (Fsp3) is 0.840. The number of allylic oxidation sites excluding steroid dienone is 5. The highest BCUT2D eigenvalue weighted by atomic mass is 16.5. The summed E-state index contributed by atoms with van der Waals surface area (Å²) in [6.07, 6.45) is 54.3. The zero-order chi connectivity index (χ0) is 40.8. The molecule has 0 aromatic rings. The van der Waals surface area contributed by atoms with Gasteiger partial charge >= 0.3 is 5.97 Å². The molecule has 0 saturated carbocycles. The summed E-state index contributed by atoms with van der Waals surface area (Å²) in [5, 5.41) is 22.9. The summed E-state index contributed by atoms with van der Waals surface area (Å²) < 4.78 is 5.44. The maximum absolute atomic E-state index is 12.3. The summed E-state index contributed by atoms with van der Waals surface area (Å²) in [5.41, 5.74) is 0. The van der Waals surface area contributed by atoms with Crippen LogP contribution in [0, 0.1) is 0 Å². The number of ether oxygens (including phenoxy) is 1. The Bertz CT molecular complexity index is 915. The lowest BCUT2D eigenvalue weighted by Crippen LogP contribution is -2.45. The molecule has 0 aliphatic carbocycles. The van der Waals surface area contributed by atoms with Crippen molar-refractivity contribution in [1.82, 2.24) is 5.32 Å². The van der Waals surface area contributed by atoms with Crippen LogP contribution < -0.4 is 5.32 Å². The molecule has 0 spiro atoms. The minimum atomic E-state index is -0.877. The van der Waals surface area contributed by atoms with Crippen molar-refractivity contribution in [2.45, 2.75) is 257 Å². The molecule has 0 aliphatic heterocycles. The highest BCUT2D eigenvalue weighted by Gasteiger charge is 2.17. The van der Waals surface area contributed by atoms with Gasteiger partial charge < -0.3 is 20.3 Å². The van der Waals surface area contributed by atoms with E-state index in [1.807, 2.05) is 12.2 Å². The van der Waals surface area contributed by atoms with E-state index >= 15 is 0 Å². The van der Waals surface area contributed by atoms with Gasteiger partial charge in [-0.05, 0) is 51.4 Å². The third kappa shape index (κ3) is 41.7. The number of hydrogen-bond acceptors (Lipinski definition) is 5. The van der Waals surface area contributed by atoms with Crippen LogP contribution in [0.2, 0.25) is 0 Å². The summed E-state index contributed by atoms with van der Waals surface area (Å²) in [6.45, 7) is 4.82. The lowest BCUT2D eigenvalue weighted by molar-refractivity contribution is -0.143. The Morgan fingerprint density at radius 2 is 0.911 bits per heavy atom. The number of unbranched alkanes of at least 4 members (excludes halogenated alkanes) is 29. The summed E-state index contributed by atoms with van der Waals surface area (Å²) >= 11 is 0. The molecule has 0 radical (unpaired) electrons. The van der Waals surface area contributed by atoms with E-state index in [4.69, 9.17) is 4.74 Å². The van der Waals surface area contributed by atoms with E-state index in [1.165, 1.54) is 161 Å². The molecule has 1 amide bonds. The maximum Gasteiger partial charge on any atom is 0.305 e. The normalized spacial score (nSPS) is 13.0. The molecule has 2 atom stereocenters. The van der Waals surface area contributed by atoms with Gasteiger partial charge in [-0.3, -0.25) is 9.59 Å². The zero-order valence-electron chi connectivity index (χ0n) is 37.1. The molecule has 0 aromatic heterocycles. The third-order valence-electron chi connectivity index (χ3n) is 10.9. The first-order valence-corrected chi connectivity index (χ1v) is 24.3. The van der Waals surface area contributed by atoms with Crippen LogP contribution in [0.3, 0.4) is 0 Å². The van der Waals surface area contributed by atoms with Gasteiger partial charge in [0.15, 0.2) is 0 Å². The standard InChI is InChI=1S/C50H93NO5/c1-3-5-7-9-11-13-15-17-20-24-28-32-36-40-44-50(55)56-45-41-37-33-29-25-21-18-19-23-27-31-35-39-43-49(54)51-47(46-52)48(53)42-38-34-30-26-22-16-14-12-10-8-6-4-2/h19,23,31,35,38,42,47-48,52-53H,3-18,20-22,24-30,32-34,36-37,39-41,43-46H2,1-2H3,(H,51,54)/b23-19-,35-31-,42-38+. The van der Waals surface area contributed by atoms with E-state index in [0.717, 1.165) is 51.4 Å². The highest BCUT2D eigenvalue weighted by Crippen LogP contribution is 2.15. The van der Waals surface area contributed by atoms with Crippen molar-refractivity contribution < 1.29 is 24.5 Å². The third-order valence-corrected chi connectivity index (χ3v) is 10.9. The van der Waals surface area contributed by atoms with E-state index in [-0.39, 0.29) is 18.5 Å². The summed E-state index contributed by atoms with van der Waals surface area (Å²) in [5.74, 6) is -0.167. The van der Waals surface area contributed by atoms with E-state index in [9.17, 15) is 19.8 Å². The average molecular weight is 788 g/mol. The van der Waals surface area contributed by atoms with Gasteiger partial charge in [0.1, 0.15) is 0 Å². The molecule has 0 rings (SSSR count). The lowest BCUT2D eigenvalue weighted by Gasteiger charge is -2.19. The summed E-state index contributed by atoms with van der Waals surface area (Å²) in [7, 11) is 0. The molecule has 0 fully saturated rings. The first-order chi connectivity index (χ1) is 27.5. The van der Waals surface area contributed by atoms with Crippen molar-refractivity contribution in [2.75, 3.05) is 13.2 Å². The average Bonchev–Trinajstić information content (AvgIpc) is 3.20. The number of rotatable bonds is 44. The number of aliphatic hydroxyl groups is 2. The topological polar surface area (TPSA) is 95.9 Å². The lowest BCUT2D eigenvalue weighted by atomic mass is 10.0. The molecule has 328 valence electrons. The second-order valence-electron chi connectivity index (χ2n) is 16.4. The Labute approximate surface area is 347 Å². The number of aliphatic hydroxyl groups excluding tert-OH is 2. The van der Waals surface area contributed by atoms with Crippen molar-refractivity contribution in [1.29, 1.82) is 0 Å². The number of carbonyl (C=O) groups excluding carboxylic acids is 2. The largest absolute Gasteiger partial charge is 0.466 e. The summed E-state index contributed by atoms with van der Waals surface area (Å²) in [4.78, 5) is 24.3. The van der Waals surface area contributed by atoms with Crippen molar-refractivity contribution >= 4 is 11.9 Å². The Hall–Kier alpha value is -1.92. The summed E-state index contributed by atoms with van der Waals surface area (Å²) in [6, 6.07) is -0.670. The van der Waals surface area contributed by atoms with E-state index < -0.39 is 12.1 Å². The van der Waals surface area contributed by atoms with Gasteiger partial charge in [-0.2, -0.15) is 0 Å². The van der Waals surface area contributed by atoms with Crippen LogP contribution in [0.1, 0.15) is 245 Å². The molecule has 0 aromatic carbocycles. The first kappa shape index (κ1) is 54.1. The number of esters is 1. The SMILES string of the molecule is CCCCCCCCCCCC/C=C/C(O)C(CO)NC(=O)CC/C=C\C/C=C\CCCCCCCCOC(=O)CCCCCCCCCCCCCCCC. The number of carbonyl (C=O) groups is 2. The van der Waals surface area contributed by atoms with E-state index in [1.54, 1.807) is 6.08 Å².